The minimum atomic E-state index is -0.550. The number of benzene rings is 1. The molecule has 1 aromatic carbocycles. The van der Waals surface area contributed by atoms with Crippen LogP contribution in [0.25, 0.3) is 0 Å². The quantitative estimate of drug-likeness (QED) is 0.774. The molecule has 0 fully saturated rings. The average molecular weight is 210 g/mol. The first-order valence-corrected chi connectivity index (χ1v) is 4.86. The smallest absolute Gasteiger partial charge is 0.253 e. The summed E-state index contributed by atoms with van der Waals surface area (Å²) >= 11 is 0. The second-order valence-corrected chi connectivity index (χ2v) is 3.46. The molecule has 1 amide bonds. The summed E-state index contributed by atoms with van der Waals surface area (Å²) in [7, 11) is 1.69. The number of nitrogens with zero attached hydrogens (tertiary/aromatic N) is 1. The van der Waals surface area contributed by atoms with Crippen molar-refractivity contribution in [2.75, 3.05) is 19.3 Å². The van der Waals surface area contributed by atoms with E-state index in [1.165, 1.54) is 18.2 Å². The van der Waals surface area contributed by atoms with Crippen molar-refractivity contribution in [2.45, 2.75) is 13.3 Å². The Hall–Kier alpha value is -1.58. The first-order valence-electron chi connectivity index (χ1n) is 4.86. The molecule has 1 rings (SSSR count). The van der Waals surface area contributed by atoms with Gasteiger partial charge in [0.15, 0.2) is 0 Å². The molecular formula is C11H15FN2O. The zero-order valence-corrected chi connectivity index (χ0v) is 8.96. The first kappa shape index (κ1) is 11.5. The molecule has 1 aromatic rings. The van der Waals surface area contributed by atoms with Crippen LogP contribution in [0.4, 0.5) is 10.1 Å². The average Bonchev–Trinajstić information content (AvgIpc) is 2.21. The Kier molecular flexibility index (Phi) is 3.66. The van der Waals surface area contributed by atoms with Crippen LogP contribution in [0, 0.1) is 5.82 Å². The van der Waals surface area contributed by atoms with E-state index in [9.17, 15) is 9.18 Å². The highest BCUT2D eigenvalue weighted by Gasteiger charge is 2.12. The summed E-state index contributed by atoms with van der Waals surface area (Å²) in [6, 6.07) is 4.11. The van der Waals surface area contributed by atoms with Gasteiger partial charge in [0.25, 0.3) is 5.91 Å². The second kappa shape index (κ2) is 4.77. The van der Waals surface area contributed by atoms with Gasteiger partial charge < -0.3 is 10.6 Å². The van der Waals surface area contributed by atoms with Crippen molar-refractivity contribution in [3.05, 3.63) is 29.6 Å². The van der Waals surface area contributed by atoms with Gasteiger partial charge >= 0.3 is 0 Å². The highest BCUT2D eigenvalue weighted by Crippen LogP contribution is 2.13. The van der Waals surface area contributed by atoms with Crippen molar-refractivity contribution in [1.29, 1.82) is 0 Å². The van der Waals surface area contributed by atoms with Gasteiger partial charge in [0.1, 0.15) is 5.82 Å². The summed E-state index contributed by atoms with van der Waals surface area (Å²) < 4.78 is 13.1. The lowest BCUT2D eigenvalue weighted by Crippen LogP contribution is -2.27. The molecular weight excluding hydrogens is 195 g/mol. The minimum Gasteiger partial charge on any atom is -0.396 e. The van der Waals surface area contributed by atoms with Crippen LogP contribution >= 0.6 is 0 Å². The van der Waals surface area contributed by atoms with E-state index in [1.54, 1.807) is 11.9 Å². The fourth-order valence-corrected chi connectivity index (χ4v) is 1.32. The van der Waals surface area contributed by atoms with Crippen molar-refractivity contribution < 1.29 is 9.18 Å². The number of amides is 1. The third-order valence-electron chi connectivity index (χ3n) is 2.15. The minimum absolute atomic E-state index is 0.0599. The molecule has 15 heavy (non-hydrogen) atoms. The normalized spacial score (nSPS) is 10.1. The van der Waals surface area contributed by atoms with Gasteiger partial charge in [0, 0.05) is 19.2 Å². The lowest BCUT2D eigenvalue weighted by atomic mass is 10.1. The van der Waals surface area contributed by atoms with Crippen LogP contribution in [0.2, 0.25) is 0 Å². The number of halogens is 1. The molecule has 0 atom stereocenters. The van der Waals surface area contributed by atoms with Gasteiger partial charge in [-0.05, 0) is 24.6 Å². The summed E-state index contributed by atoms with van der Waals surface area (Å²) in [5.41, 5.74) is 5.71. The maximum absolute atomic E-state index is 13.1. The molecule has 4 heteroatoms. The third-order valence-corrected chi connectivity index (χ3v) is 2.15. The molecule has 82 valence electrons. The Bertz CT molecular complexity index is 366. The number of rotatable bonds is 3. The van der Waals surface area contributed by atoms with Crippen LogP contribution in [0.1, 0.15) is 23.7 Å². The number of carbonyl (C=O) groups excluding carboxylic acids is 1. The van der Waals surface area contributed by atoms with Gasteiger partial charge in [-0.1, -0.05) is 6.92 Å². The monoisotopic (exact) mass is 210 g/mol. The number of hydrogen-bond acceptors (Lipinski definition) is 2. The molecule has 0 aliphatic heterocycles. The van der Waals surface area contributed by atoms with Crippen LogP contribution < -0.4 is 5.73 Å². The van der Waals surface area contributed by atoms with Crippen LogP contribution in [-0.4, -0.2) is 24.4 Å². The Morgan fingerprint density at radius 2 is 2.20 bits per heavy atom. The molecule has 0 aliphatic carbocycles. The molecule has 0 saturated carbocycles. The molecule has 2 N–H and O–H groups in total. The molecule has 0 spiro atoms. The van der Waals surface area contributed by atoms with Gasteiger partial charge in [-0.2, -0.15) is 0 Å². The maximum atomic E-state index is 13.1. The van der Waals surface area contributed by atoms with Crippen LogP contribution in [-0.2, 0) is 0 Å². The number of carbonyl (C=O) groups is 1. The Morgan fingerprint density at radius 3 is 2.73 bits per heavy atom. The number of nitrogens with two attached hydrogens (primary N) is 1. The van der Waals surface area contributed by atoms with Gasteiger partial charge in [-0.15, -0.1) is 0 Å². The Labute approximate surface area is 88.7 Å². The van der Waals surface area contributed by atoms with E-state index in [4.69, 9.17) is 5.73 Å². The van der Waals surface area contributed by atoms with Gasteiger partial charge in [-0.25, -0.2) is 4.39 Å². The molecule has 3 nitrogen and oxygen atoms in total. The molecule has 0 saturated heterocycles. The fourth-order valence-electron chi connectivity index (χ4n) is 1.32. The summed E-state index contributed by atoms with van der Waals surface area (Å²) in [4.78, 5) is 13.3. The zero-order valence-electron chi connectivity index (χ0n) is 8.96. The first-order chi connectivity index (χ1) is 7.06. The van der Waals surface area contributed by atoms with E-state index in [0.29, 0.717) is 12.1 Å². The molecule has 0 heterocycles. The number of hydrogen-bond donors (Lipinski definition) is 1. The van der Waals surface area contributed by atoms with Gasteiger partial charge in [0.05, 0.1) is 5.69 Å². The van der Waals surface area contributed by atoms with Gasteiger partial charge in [-0.3, -0.25) is 4.79 Å². The molecule has 0 aromatic heterocycles. The lowest BCUT2D eigenvalue weighted by molar-refractivity contribution is 0.0794. The summed E-state index contributed by atoms with van der Waals surface area (Å²) in [6.45, 7) is 2.64. The predicted molar refractivity (Wildman–Crippen MR) is 58.1 cm³/mol. The van der Waals surface area contributed by atoms with Crippen LogP contribution in [0.3, 0.4) is 0 Å². The maximum Gasteiger partial charge on any atom is 0.253 e. The summed E-state index contributed by atoms with van der Waals surface area (Å²) in [6.07, 6.45) is 0.875. The highest BCUT2D eigenvalue weighted by molar-refractivity contribution is 5.94. The summed E-state index contributed by atoms with van der Waals surface area (Å²) in [5.74, 6) is -0.735. The van der Waals surface area contributed by atoms with Crippen molar-refractivity contribution >= 4 is 11.6 Å². The largest absolute Gasteiger partial charge is 0.396 e. The number of nitrogen functional groups attached to an aromatic ring is 1. The van der Waals surface area contributed by atoms with E-state index in [1.807, 2.05) is 6.92 Å². The molecule has 0 unspecified atom stereocenters. The molecule has 0 bridgehead atoms. The zero-order chi connectivity index (χ0) is 11.4. The van der Waals surface area contributed by atoms with Crippen molar-refractivity contribution in [3.63, 3.8) is 0 Å². The van der Waals surface area contributed by atoms with E-state index >= 15 is 0 Å². The van der Waals surface area contributed by atoms with E-state index in [0.717, 1.165) is 6.42 Å². The fraction of sp³-hybridized carbons (Fsp3) is 0.364. The highest BCUT2D eigenvalue weighted by atomic mass is 19.1. The van der Waals surface area contributed by atoms with Gasteiger partial charge in [0.2, 0.25) is 0 Å². The van der Waals surface area contributed by atoms with E-state index < -0.39 is 5.82 Å². The van der Waals surface area contributed by atoms with Crippen LogP contribution in [0.15, 0.2) is 18.2 Å². The topological polar surface area (TPSA) is 46.3 Å². The molecule has 0 radical (unpaired) electrons. The standard InChI is InChI=1S/C11H15FN2O/c1-3-6-14(2)11(15)8-4-5-10(13)9(12)7-8/h4-5,7H,3,6,13H2,1-2H3. The van der Waals surface area contributed by atoms with Crippen molar-refractivity contribution in [3.8, 4) is 0 Å². The van der Waals surface area contributed by atoms with Crippen molar-refractivity contribution in [1.82, 2.24) is 4.90 Å². The number of anilines is 1. The lowest BCUT2D eigenvalue weighted by Gasteiger charge is -2.16. The predicted octanol–water partition coefficient (Wildman–Crippen LogP) is 1.89. The second-order valence-electron chi connectivity index (χ2n) is 3.46. The third kappa shape index (κ3) is 2.68. The van der Waals surface area contributed by atoms with Crippen molar-refractivity contribution in [2.24, 2.45) is 0 Å². The SMILES string of the molecule is CCCN(C)C(=O)c1ccc(N)c(F)c1. The van der Waals surface area contributed by atoms with E-state index in [-0.39, 0.29) is 11.6 Å². The Balaban J connectivity index is 2.87. The van der Waals surface area contributed by atoms with Crippen LogP contribution in [0.5, 0.6) is 0 Å². The molecule has 0 aliphatic rings. The van der Waals surface area contributed by atoms with E-state index in [2.05, 4.69) is 0 Å². The summed E-state index contributed by atoms with van der Waals surface area (Å²) in [5, 5.41) is 0. The Morgan fingerprint density at radius 1 is 1.53 bits per heavy atom.